The number of β-amino-alcohol motifs (C(OH)–C–C–N with tert-alkyl or cyclic N) is 1. The lowest BCUT2D eigenvalue weighted by atomic mass is 9.95. The number of likely N-dealkylation sites (tertiary alicyclic amines) is 3. The average Bonchev–Trinajstić information content (AvgIpc) is 2.58. The van der Waals surface area contributed by atoms with E-state index in [1.807, 2.05) is 13.8 Å². The Labute approximate surface area is 137 Å². The van der Waals surface area contributed by atoms with Gasteiger partial charge in [-0.1, -0.05) is 13.8 Å². The van der Waals surface area contributed by atoms with Crippen molar-refractivity contribution in [3.8, 4) is 0 Å². The SMILES string of the molecule is CC.CN1CCC(N2CCC(N3CCCC(O)C3)CC2)CC1. The minimum absolute atomic E-state index is 0.0735. The summed E-state index contributed by atoms with van der Waals surface area (Å²) in [5.41, 5.74) is 0. The predicted octanol–water partition coefficient (Wildman–Crippen LogP) is 2.03. The largest absolute Gasteiger partial charge is 0.392 e. The maximum Gasteiger partial charge on any atom is 0.0667 e. The topological polar surface area (TPSA) is 30.0 Å². The van der Waals surface area contributed by atoms with Crippen LogP contribution in [0.2, 0.25) is 0 Å². The van der Waals surface area contributed by atoms with Gasteiger partial charge < -0.3 is 14.9 Å². The fourth-order valence-electron chi connectivity index (χ4n) is 4.29. The molecule has 4 heteroatoms. The molecule has 1 unspecified atom stereocenters. The summed E-state index contributed by atoms with van der Waals surface area (Å²) in [5.74, 6) is 0. The lowest BCUT2D eigenvalue weighted by molar-refractivity contribution is 0.0132. The molecule has 22 heavy (non-hydrogen) atoms. The Bertz CT molecular complexity index is 297. The van der Waals surface area contributed by atoms with E-state index in [-0.39, 0.29) is 6.10 Å². The third-order valence-corrected chi connectivity index (χ3v) is 5.65. The van der Waals surface area contributed by atoms with E-state index in [0.29, 0.717) is 0 Å². The summed E-state index contributed by atoms with van der Waals surface area (Å²) in [6, 6.07) is 1.56. The summed E-state index contributed by atoms with van der Waals surface area (Å²) in [4.78, 5) is 7.75. The van der Waals surface area contributed by atoms with Gasteiger partial charge in [-0.05, 0) is 78.3 Å². The maximum absolute atomic E-state index is 9.83. The number of hydrogen-bond acceptors (Lipinski definition) is 4. The van der Waals surface area contributed by atoms with Gasteiger partial charge in [0.05, 0.1) is 6.10 Å². The van der Waals surface area contributed by atoms with Crippen LogP contribution in [0.3, 0.4) is 0 Å². The molecule has 0 radical (unpaired) electrons. The molecule has 1 atom stereocenters. The Morgan fingerprint density at radius 1 is 0.727 bits per heavy atom. The Kier molecular flexibility index (Phi) is 7.61. The van der Waals surface area contributed by atoms with Gasteiger partial charge in [-0.25, -0.2) is 0 Å². The second-order valence-electron chi connectivity index (χ2n) is 7.09. The highest BCUT2D eigenvalue weighted by Gasteiger charge is 2.31. The smallest absolute Gasteiger partial charge is 0.0667 e. The van der Waals surface area contributed by atoms with Crippen molar-refractivity contribution in [1.82, 2.24) is 14.7 Å². The molecule has 4 nitrogen and oxygen atoms in total. The van der Waals surface area contributed by atoms with Crippen molar-refractivity contribution in [2.24, 2.45) is 0 Å². The van der Waals surface area contributed by atoms with Crippen LogP contribution in [0.1, 0.15) is 52.4 Å². The molecule has 3 saturated heterocycles. The molecule has 3 rings (SSSR count). The molecule has 0 aromatic carbocycles. The van der Waals surface area contributed by atoms with Gasteiger partial charge in [0.1, 0.15) is 0 Å². The summed E-state index contributed by atoms with van der Waals surface area (Å²) >= 11 is 0. The van der Waals surface area contributed by atoms with Gasteiger partial charge >= 0.3 is 0 Å². The van der Waals surface area contributed by atoms with Gasteiger partial charge in [0.15, 0.2) is 0 Å². The van der Waals surface area contributed by atoms with Crippen molar-refractivity contribution in [2.45, 2.75) is 70.6 Å². The Hall–Kier alpha value is -0.160. The number of aliphatic hydroxyl groups excluding tert-OH is 1. The molecular weight excluding hydrogens is 274 g/mol. The first-order chi connectivity index (χ1) is 10.7. The van der Waals surface area contributed by atoms with E-state index in [9.17, 15) is 5.11 Å². The molecule has 3 heterocycles. The zero-order chi connectivity index (χ0) is 15.9. The summed E-state index contributed by atoms with van der Waals surface area (Å²) < 4.78 is 0. The predicted molar refractivity (Wildman–Crippen MR) is 93.3 cm³/mol. The highest BCUT2D eigenvalue weighted by Crippen LogP contribution is 2.24. The molecule has 130 valence electrons. The first-order valence-corrected chi connectivity index (χ1v) is 9.57. The zero-order valence-corrected chi connectivity index (χ0v) is 15.0. The highest BCUT2D eigenvalue weighted by atomic mass is 16.3. The number of hydrogen-bond donors (Lipinski definition) is 1. The van der Waals surface area contributed by atoms with Crippen LogP contribution in [0.4, 0.5) is 0 Å². The van der Waals surface area contributed by atoms with Crippen molar-refractivity contribution in [1.29, 1.82) is 0 Å². The van der Waals surface area contributed by atoms with Gasteiger partial charge in [0, 0.05) is 18.6 Å². The fraction of sp³-hybridized carbons (Fsp3) is 1.00. The standard InChI is InChI=1S/C16H31N3O.C2H6/c1-17-9-4-14(5-10-17)18-11-6-15(7-12-18)19-8-2-3-16(20)13-19;1-2/h14-16,20H,2-13H2,1H3;1-2H3. The molecule has 0 aliphatic carbocycles. The number of aliphatic hydroxyl groups is 1. The van der Waals surface area contributed by atoms with Crippen LogP contribution in [-0.2, 0) is 0 Å². The normalized spacial score (nSPS) is 30.8. The van der Waals surface area contributed by atoms with Crippen LogP contribution in [-0.4, -0.2) is 84.3 Å². The van der Waals surface area contributed by atoms with Gasteiger partial charge in [0.2, 0.25) is 0 Å². The van der Waals surface area contributed by atoms with Crippen molar-refractivity contribution in [2.75, 3.05) is 46.3 Å². The average molecular weight is 312 g/mol. The molecule has 0 saturated carbocycles. The second kappa shape index (κ2) is 9.21. The molecule has 0 spiro atoms. The van der Waals surface area contributed by atoms with E-state index in [2.05, 4.69) is 21.7 Å². The Balaban J connectivity index is 0.000000847. The molecule has 3 aliphatic rings. The third kappa shape index (κ3) is 4.92. The van der Waals surface area contributed by atoms with Crippen molar-refractivity contribution < 1.29 is 5.11 Å². The van der Waals surface area contributed by atoms with Crippen LogP contribution in [0.5, 0.6) is 0 Å². The second-order valence-corrected chi connectivity index (χ2v) is 7.09. The van der Waals surface area contributed by atoms with E-state index in [1.165, 1.54) is 64.8 Å². The van der Waals surface area contributed by atoms with E-state index in [1.54, 1.807) is 0 Å². The van der Waals surface area contributed by atoms with Gasteiger partial charge in [-0.15, -0.1) is 0 Å². The van der Waals surface area contributed by atoms with Gasteiger partial charge in [0.25, 0.3) is 0 Å². The third-order valence-electron chi connectivity index (χ3n) is 5.65. The lowest BCUT2D eigenvalue weighted by Gasteiger charge is -2.45. The molecule has 0 aromatic heterocycles. The van der Waals surface area contributed by atoms with Crippen LogP contribution >= 0.6 is 0 Å². The summed E-state index contributed by atoms with van der Waals surface area (Å²) in [5, 5.41) is 9.83. The van der Waals surface area contributed by atoms with Crippen molar-refractivity contribution >= 4 is 0 Å². The van der Waals surface area contributed by atoms with Crippen LogP contribution in [0.25, 0.3) is 0 Å². The molecule has 1 N–H and O–H groups in total. The van der Waals surface area contributed by atoms with E-state index in [0.717, 1.165) is 25.0 Å². The quantitative estimate of drug-likeness (QED) is 0.845. The Morgan fingerprint density at radius 3 is 1.86 bits per heavy atom. The maximum atomic E-state index is 9.83. The molecule has 0 aromatic rings. The highest BCUT2D eigenvalue weighted by molar-refractivity contribution is 4.87. The van der Waals surface area contributed by atoms with Gasteiger partial charge in [-0.3, -0.25) is 4.90 Å². The number of nitrogens with zero attached hydrogens (tertiary/aromatic N) is 3. The van der Waals surface area contributed by atoms with Crippen molar-refractivity contribution in [3.05, 3.63) is 0 Å². The lowest BCUT2D eigenvalue weighted by Crippen LogP contribution is -2.52. The first-order valence-electron chi connectivity index (χ1n) is 9.57. The van der Waals surface area contributed by atoms with Gasteiger partial charge in [-0.2, -0.15) is 0 Å². The Morgan fingerprint density at radius 2 is 1.27 bits per heavy atom. The molecule has 0 amide bonds. The monoisotopic (exact) mass is 311 g/mol. The van der Waals surface area contributed by atoms with Crippen LogP contribution in [0, 0.1) is 0 Å². The molecular formula is C18H37N3O. The number of rotatable bonds is 2. The molecule has 3 fully saturated rings. The summed E-state index contributed by atoms with van der Waals surface area (Å²) in [6.07, 6.45) is 7.42. The zero-order valence-electron chi connectivity index (χ0n) is 15.0. The summed E-state index contributed by atoms with van der Waals surface area (Å²) in [7, 11) is 2.24. The van der Waals surface area contributed by atoms with Crippen LogP contribution in [0.15, 0.2) is 0 Å². The van der Waals surface area contributed by atoms with E-state index in [4.69, 9.17) is 0 Å². The first kappa shape index (κ1) is 18.2. The van der Waals surface area contributed by atoms with E-state index < -0.39 is 0 Å². The van der Waals surface area contributed by atoms with Crippen molar-refractivity contribution in [3.63, 3.8) is 0 Å². The van der Waals surface area contributed by atoms with E-state index >= 15 is 0 Å². The minimum atomic E-state index is -0.0735. The molecule has 0 bridgehead atoms. The minimum Gasteiger partial charge on any atom is -0.392 e. The molecule has 3 aliphatic heterocycles. The summed E-state index contributed by atoms with van der Waals surface area (Å²) in [6.45, 7) is 11.2. The fourth-order valence-corrected chi connectivity index (χ4v) is 4.29. The number of piperidine rings is 3. The van der Waals surface area contributed by atoms with Crippen LogP contribution < -0.4 is 0 Å².